The molecule has 1 amide bonds. The molecule has 0 saturated carbocycles. The third-order valence-corrected chi connectivity index (χ3v) is 2.26. The molecule has 17 heavy (non-hydrogen) atoms. The molecule has 0 aromatic heterocycles. The van der Waals surface area contributed by atoms with Crippen molar-refractivity contribution >= 4 is 11.7 Å². The summed E-state index contributed by atoms with van der Waals surface area (Å²) in [5.41, 5.74) is 0. The Labute approximate surface area is 104 Å². The third kappa shape index (κ3) is 10.00. The second kappa shape index (κ2) is 9.16. The molecule has 0 rings (SSSR count). The number of rotatable bonds is 9. The molecule has 0 fully saturated rings. The molecule has 1 N–H and O–H groups in total. The summed E-state index contributed by atoms with van der Waals surface area (Å²) in [6.07, 6.45) is 0.609. The predicted molar refractivity (Wildman–Crippen MR) is 67.7 cm³/mol. The van der Waals surface area contributed by atoms with Gasteiger partial charge in [0.15, 0.2) is 0 Å². The van der Waals surface area contributed by atoms with Crippen molar-refractivity contribution in [2.24, 2.45) is 11.8 Å². The van der Waals surface area contributed by atoms with Crippen molar-refractivity contribution in [3.8, 4) is 0 Å². The van der Waals surface area contributed by atoms with Gasteiger partial charge in [0.05, 0.1) is 6.61 Å². The smallest absolute Gasteiger partial charge is 0.220 e. The normalized spacial score (nSPS) is 10.9. The van der Waals surface area contributed by atoms with Gasteiger partial charge in [-0.1, -0.05) is 27.7 Å². The lowest BCUT2D eigenvalue weighted by molar-refractivity contribution is -0.126. The number of hydrogen-bond donors (Lipinski definition) is 1. The quantitative estimate of drug-likeness (QED) is 0.628. The minimum atomic E-state index is -0.0767. The molecule has 0 heterocycles. The molecule has 0 aliphatic rings. The Morgan fingerprint density at radius 3 is 2.29 bits per heavy atom. The van der Waals surface area contributed by atoms with E-state index >= 15 is 0 Å². The number of Topliss-reactive ketones (excluding diaryl/α,β-unsaturated/α-hetero) is 1. The number of hydrogen-bond acceptors (Lipinski definition) is 3. The van der Waals surface area contributed by atoms with Crippen molar-refractivity contribution in [3.05, 3.63) is 0 Å². The van der Waals surface area contributed by atoms with Crippen molar-refractivity contribution < 1.29 is 14.3 Å². The lowest BCUT2D eigenvalue weighted by Gasteiger charge is -2.08. The molecule has 0 spiro atoms. The molecular weight excluding hydrogens is 218 g/mol. The zero-order chi connectivity index (χ0) is 13.3. The highest BCUT2D eigenvalue weighted by Gasteiger charge is 2.09. The van der Waals surface area contributed by atoms with Gasteiger partial charge in [0.25, 0.3) is 0 Å². The fourth-order valence-electron chi connectivity index (χ4n) is 1.20. The van der Waals surface area contributed by atoms with Gasteiger partial charge in [-0.3, -0.25) is 9.59 Å². The van der Waals surface area contributed by atoms with E-state index in [0.717, 1.165) is 0 Å². The maximum absolute atomic E-state index is 11.3. The Balaban J connectivity index is 3.44. The largest absolute Gasteiger partial charge is 0.379 e. The highest BCUT2D eigenvalue weighted by atomic mass is 16.5. The van der Waals surface area contributed by atoms with E-state index < -0.39 is 0 Å². The molecule has 0 aliphatic carbocycles. The average Bonchev–Trinajstić information content (AvgIpc) is 2.24. The monoisotopic (exact) mass is 243 g/mol. The topological polar surface area (TPSA) is 55.4 Å². The van der Waals surface area contributed by atoms with Gasteiger partial charge in [-0.2, -0.15) is 0 Å². The van der Waals surface area contributed by atoms with Gasteiger partial charge in [-0.05, 0) is 5.92 Å². The molecule has 0 saturated heterocycles. The molecule has 0 bridgehead atoms. The van der Waals surface area contributed by atoms with Crippen LogP contribution in [0.4, 0.5) is 0 Å². The molecule has 0 aliphatic heterocycles. The fraction of sp³-hybridized carbons (Fsp3) is 0.846. The van der Waals surface area contributed by atoms with Crippen LogP contribution in [0.5, 0.6) is 0 Å². The number of carbonyl (C=O) groups is 2. The van der Waals surface area contributed by atoms with Gasteiger partial charge in [0, 0.05) is 31.9 Å². The number of ether oxygens (including phenoxy) is 1. The number of ketones is 1. The maximum Gasteiger partial charge on any atom is 0.220 e. The molecular formula is C13H25NO3. The van der Waals surface area contributed by atoms with Crippen molar-refractivity contribution in [1.29, 1.82) is 0 Å². The van der Waals surface area contributed by atoms with Crippen LogP contribution < -0.4 is 5.32 Å². The zero-order valence-corrected chi connectivity index (χ0v) is 11.4. The van der Waals surface area contributed by atoms with Crippen LogP contribution in [0.2, 0.25) is 0 Å². The van der Waals surface area contributed by atoms with Gasteiger partial charge < -0.3 is 10.1 Å². The van der Waals surface area contributed by atoms with Crippen molar-refractivity contribution in [1.82, 2.24) is 5.32 Å². The summed E-state index contributed by atoms with van der Waals surface area (Å²) in [6.45, 7) is 9.61. The summed E-state index contributed by atoms with van der Waals surface area (Å²) < 4.78 is 5.33. The van der Waals surface area contributed by atoms with E-state index in [9.17, 15) is 9.59 Å². The van der Waals surface area contributed by atoms with Crippen LogP contribution in [0.25, 0.3) is 0 Å². The van der Waals surface area contributed by atoms with E-state index in [1.807, 2.05) is 13.8 Å². The summed E-state index contributed by atoms with van der Waals surface area (Å²) >= 11 is 0. The fourth-order valence-corrected chi connectivity index (χ4v) is 1.20. The van der Waals surface area contributed by atoms with E-state index in [4.69, 9.17) is 4.74 Å². The SMILES string of the molecule is CC(C)COCCNC(=O)CCC(=O)C(C)C. The lowest BCUT2D eigenvalue weighted by atomic mass is 10.0. The molecule has 0 aromatic rings. The van der Waals surface area contributed by atoms with Gasteiger partial charge in [-0.15, -0.1) is 0 Å². The standard InChI is InChI=1S/C13H25NO3/c1-10(2)9-17-8-7-14-13(16)6-5-12(15)11(3)4/h10-11H,5-9H2,1-4H3,(H,14,16). The average molecular weight is 243 g/mol. The first-order chi connectivity index (χ1) is 7.93. The van der Waals surface area contributed by atoms with Crippen molar-refractivity contribution in [3.63, 3.8) is 0 Å². The minimum absolute atomic E-state index is 0.0113. The highest BCUT2D eigenvalue weighted by Crippen LogP contribution is 2.01. The zero-order valence-electron chi connectivity index (χ0n) is 11.4. The van der Waals surface area contributed by atoms with Crippen LogP contribution in [-0.2, 0) is 14.3 Å². The first kappa shape index (κ1) is 16.1. The molecule has 4 nitrogen and oxygen atoms in total. The Hall–Kier alpha value is -0.900. The van der Waals surface area contributed by atoms with Gasteiger partial charge in [0.1, 0.15) is 5.78 Å². The van der Waals surface area contributed by atoms with Crippen molar-refractivity contribution in [2.75, 3.05) is 19.8 Å². The number of carbonyl (C=O) groups excluding carboxylic acids is 2. The summed E-state index contributed by atoms with van der Waals surface area (Å²) in [5.74, 6) is 0.579. The first-order valence-electron chi connectivity index (χ1n) is 6.30. The van der Waals surface area contributed by atoms with Crippen LogP contribution >= 0.6 is 0 Å². The predicted octanol–water partition coefficient (Wildman–Crippen LogP) is 1.78. The Morgan fingerprint density at radius 1 is 1.12 bits per heavy atom. The first-order valence-corrected chi connectivity index (χ1v) is 6.30. The molecule has 0 atom stereocenters. The molecule has 0 aromatic carbocycles. The molecule has 0 unspecified atom stereocenters. The maximum atomic E-state index is 11.3. The Kier molecular flexibility index (Phi) is 8.68. The van der Waals surface area contributed by atoms with Crippen LogP contribution in [0.15, 0.2) is 0 Å². The summed E-state index contributed by atoms with van der Waals surface area (Å²) in [6, 6.07) is 0. The highest BCUT2D eigenvalue weighted by molar-refractivity contribution is 5.85. The Bertz CT molecular complexity index is 237. The van der Waals surface area contributed by atoms with Gasteiger partial charge in [-0.25, -0.2) is 0 Å². The summed E-state index contributed by atoms with van der Waals surface area (Å²) in [4.78, 5) is 22.6. The van der Waals surface area contributed by atoms with E-state index in [1.165, 1.54) is 0 Å². The minimum Gasteiger partial charge on any atom is -0.379 e. The van der Waals surface area contributed by atoms with E-state index in [-0.39, 0.29) is 24.0 Å². The lowest BCUT2D eigenvalue weighted by Crippen LogP contribution is -2.28. The Morgan fingerprint density at radius 2 is 1.76 bits per heavy atom. The van der Waals surface area contributed by atoms with E-state index in [1.54, 1.807) is 0 Å². The van der Waals surface area contributed by atoms with Gasteiger partial charge in [0.2, 0.25) is 5.91 Å². The van der Waals surface area contributed by atoms with E-state index in [2.05, 4.69) is 19.2 Å². The molecule has 0 radical (unpaired) electrons. The molecule has 4 heteroatoms. The van der Waals surface area contributed by atoms with Gasteiger partial charge >= 0.3 is 0 Å². The summed E-state index contributed by atoms with van der Waals surface area (Å²) in [7, 11) is 0. The second-order valence-electron chi connectivity index (χ2n) is 4.94. The van der Waals surface area contributed by atoms with Crippen molar-refractivity contribution in [2.45, 2.75) is 40.5 Å². The van der Waals surface area contributed by atoms with Crippen LogP contribution in [-0.4, -0.2) is 31.4 Å². The van der Waals surface area contributed by atoms with Crippen LogP contribution in [0.1, 0.15) is 40.5 Å². The molecule has 100 valence electrons. The number of amides is 1. The van der Waals surface area contributed by atoms with Crippen LogP contribution in [0.3, 0.4) is 0 Å². The van der Waals surface area contributed by atoms with E-state index in [0.29, 0.717) is 32.1 Å². The second-order valence-corrected chi connectivity index (χ2v) is 4.94. The number of nitrogens with one attached hydrogen (secondary N) is 1. The summed E-state index contributed by atoms with van der Waals surface area (Å²) in [5, 5.41) is 2.73. The van der Waals surface area contributed by atoms with Crippen LogP contribution in [0, 0.1) is 11.8 Å². The third-order valence-electron chi connectivity index (χ3n) is 2.26.